The molecule has 0 saturated carbocycles. The summed E-state index contributed by atoms with van der Waals surface area (Å²) in [5.41, 5.74) is 7.22. The molecule has 1 aliphatic rings. The Morgan fingerprint density at radius 1 is 1.27 bits per heavy atom. The van der Waals surface area contributed by atoms with E-state index in [2.05, 4.69) is 0 Å². The van der Waals surface area contributed by atoms with Gasteiger partial charge in [-0.1, -0.05) is 12.1 Å². The number of nitrogen functional groups attached to an aromatic ring is 1. The molecular weight excluding hydrogens is 203 g/mol. The number of benzene rings is 1. The molecule has 0 saturated heterocycles. The Morgan fingerprint density at radius 2 is 2.00 bits per heavy atom. The number of nitrogens with two attached hydrogens (primary N) is 1. The van der Waals surface area contributed by atoms with Crippen molar-refractivity contribution in [1.29, 1.82) is 0 Å². The normalized spacial score (nSPS) is 21.1. The molecule has 0 heterocycles. The fourth-order valence-corrected chi connectivity index (χ4v) is 2.22. The molecule has 0 aliphatic heterocycles. The minimum Gasteiger partial charge on any atom is -0.398 e. The largest absolute Gasteiger partial charge is 0.398 e. The van der Waals surface area contributed by atoms with Crippen LogP contribution in [-0.4, -0.2) is 6.18 Å². The molecule has 0 amide bonds. The first-order valence-corrected chi connectivity index (χ1v) is 4.94. The van der Waals surface area contributed by atoms with Crippen molar-refractivity contribution < 1.29 is 13.2 Å². The second-order valence-corrected chi connectivity index (χ2v) is 3.90. The topological polar surface area (TPSA) is 26.0 Å². The lowest BCUT2D eigenvalue weighted by Crippen LogP contribution is -2.25. The van der Waals surface area contributed by atoms with Crippen LogP contribution in [0.5, 0.6) is 0 Å². The van der Waals surface area contributed by atoms with E-state index in [9.17, 15) is 13.2 Å². The van der Waals surface area contributed by atoms with Gasteiger partial charge in [-0.05, 0) is 36.5 Å². The molecule has 1 aromatic carbocycles. The van der Waals surface area contributed by atoms with E-state index in [1.54, 1.807) is 18.2 Å². The first-order valence-electron chi connectivity index (χ1n) is 4.94. The summed E-state index contributed by atoms with van der Waals surface area (Å²) >= 11 is 0. The summed E-state index contributed by atoms with van der Waals surface area (Å²) in [7, 11) is 0. The van der Waals surface area contributed by atoms with E-state index < -0.39 is 12.1 Å². The maximum absolute atomic E-state index is 12.7. The number of alkyl halides is 3. The van der Waals surface area contributed by atoms with Crippen LogP contribution in [0.2, 0.25) is 0 Å². The van der Waals surface area contributed by atoms with E-state index in [4.69, 9.17) is 5.73 Å². The summed E-state index contributed by atoms with van der Waals surface area (Å²) in [5, 5.41) is 0. The highest BCUT2D eigenvalue weighted by atomic mass is 19.4. The molecular formula is C11H12F3N. The van der Waals surface area contributed by atoms with Gasteiger partial charge in [0.05, 0.1) is 5.92 Å². The minimum absolute atomic E-state index is 0.181. The summed E-state index contributed by atoms with van der Waals surface area (Å²) < 4.78 is 38.1. The second kappa shape index (κ2) is 3.43. The van der Waals surface area contributed by atoms with Gasteiger partial charge >= 0.3 is 6.18 Å². The smallest absolute Gasteiger partial charge is 0.395 e. The standard InChI is InChI=1S/C11H12F3N/c12-11(13,14)9-5-1-4-8-7(9)3-2-6-10(8)15/h2-3,6,9H,1,4-5,15H2. The lowest BCUT2D eigenvalue weighted by atomic mass is 9.82. The van der Waals surface area contributed by atoms with E-state index >= 15 is 0 Å². The number of rotatable bonds is 0. The molecule has 4 heteroatoms. The zero-order valence-electron chi connectivity index (χ0n) is 8.14. The Bertz CT molecular complexity index is 371. The van der Waals surface area contributed by atoms with Crippen molar-refractivity contribution in [1.82, 2.24) is 0 Å². The average molecular weight is 215 g/mol. The van der Waals surface area contributed by atoms with Crippen LogP contribution >= 0.6 is 0 Å². The summed E-state index contributed by atoms with van der Waals surface area (Å²) in [4.78, 5) is 0. The Morgan fingerprint density at radius 3 is 2.67 bits per heavy atom. The van der Waals surface area contributed by atoms with E-state index in [1.165, 1.54) is 0 Å². The number of fused-ring (bicyclic) bond motifs is 1. The maximum atomic E-state index is 12.7. The van der Waals surface area contributed by atoms with Crippen LogP contribution in [-0.2, 0) is 6.42 Å². The van der Waals surface area contributed by atoms with Crippen molar-refractivity contribution >= 4 is 5.69 Å². The van der Waals surface area contributed by atoms with Gasteiger partial charge in [0.2, 0.25) is 0 Å². The summed E-state index contributed by atoms with van der Waals surface area (Å²) in [6, 6.07) is 4.80. The van der Waals surface area contributed by atoms with Crippen LogP contribution in [0.25, 0.3) is 0 Å². The fourth-order valence-electron chi connectivity index (χ4n) is 2.22. The highest BCUT2D eigenvalue weighted by Gasteiger charge is 2.42. The SMILES string of the molecule is Nc1cccc2c1CCCC2C(F)(F)F. The van der Waals surface area contributed by atoms with Crippen LogP contribution in [0.4, 0.5) is 18.9 Å². The van der Waals surface area contributed by atoms with Crippen LogP contribution < -0.4 is 5.73 Å². The van der Waals surface area contributed by atoms with Crippen LogP contribution in [0.1, 0.15) is 29.9 Å². The average Bonchev–Trinajstić information content (AvgIpc) is 2.16. The molecule has 1 aliphatic carbocycles. The third-order valence-electron chi connectivity index (χ3n) is 2.94. The molecule has 1 unspecified atom stereocenters. The molecule has 15 heavy (non-hydrogen) atoms. The Kier molecular flexibility index (Phi) is 2.37. The van der Waals surface area contributed by atoms with Crippen molar-refractivity contribution in [2.24, 2.45) is 0 Å². The van der Waals surface area contributed by atoms with Crippen molar-refractivity contribution in [2.75, 3.05) is 5.73 Å². The molecule has 0 spiro atoms. The number of hydrogen-bond acceptors (Lipinski definition) is 1. The van der Waals surface area contributed by atoms with Crippen LogP contribution in [0, 0.1) is 0 Å². The van der Waals surface area contributed by atoms with E-state index in [1.807, 2.05) is 0 Å². The summed E-state index contributed by atoms with van der Waals surface area (Å²) in [5.74, 6) is -1.33. The minimum atomic E-state index is -4.15. The highest BCUT2D eigenvalue weighted by Crippen LogP contribution is 2.44. The third-order valence-corrected chi connectivity index (χ3v) is 2.94. The Balaban J connectivity index is 2.48. The molecule has 2 rings (SSSR count). The van der Waals surface area contributed by atoms with E-state index in [0.29, 0.717) is 29.7 Å². The van der Waals surface area contributed by atoms with Gasteiger partial charge in [0.15, 0.2) is 0 Å². The van der Waals surface area contributed by atoms with Crippen LogP contribution in [0.3, 0.4) is 0 Å². The molecule has 0 fully saturated rings. The van der Waals surface area contributed by atoms with Crippen molar-refractivity contribution in [2.45, 2.75) is 31.4 Å². The Labute approximate surface area is 86.1 Å². The van der Waals surface area contributed by atoms with E-state index in [-0.39, 0.29) is 6.42 Å². The van der Waals surface area contributed by atoms with Crippen molar-refractivity contribution in [3.8, 4) is 0 Å². The third kappa shape index (κ3) is 1.80. The summed E-state index contributed by atoms with van der Waals surface area (Å²) in [6.07, 6.45) is -2.75. The maximum Gasteiger partial charge on any atom is 0.395 e. The predicted octanol–water partition coefficient (Wildman–Crippen LogP) is 3.25. The summed E-state index contributed by atoms with van der Waals surface area (Å²) in [6.45, 7) is 0. The second-order valence-electron chi connectivity index (χ2n) is 3.90. The molecule has 1 nitrogen and oxygen atoms in total. The van der Waals surface area contributed by atoms with Gasteiger partial charge < -0.3 is 5.73 Å². The number of anilines is 1. The van der Waals surface area contributed by atoms with Crippen LogP contribution in [0.15, 0.2) is 18.2 Å². The molecule has 1 atom stereocenters. The Hall–Kier alpha value is -1.19. The van der Waals surface area contributed by atoms with Gasteiger partial charge in [0.25, 0.3) is 0 Å². The molecule has 0 bridgehead atoms. The first kappa shape index (κ1) is 10.3. The zero-order chi connectivity index (χ0) is 11.1. The number of halogens is 3. The van der Waals surface area contributed by atoms with Gasteiger partial charge in [0.1, 0.15) is 0 Å². The molecule has 0 aromatic heterocycles. The lowest BCUT2D eigenvalue weighted by Gasteiger charge is -2.28. The predicted molar refractivity (Wildman–Crippen MR) is 52.6 cm³/mol. The van der Waals surface area contributed by atoms with Crippen molar-refractivity contribution in [3.63, 3.8) is 0 Å². The van der Waals surface area contributed by atoms with Gasteiger partial charge in [-0.15, -0.1) is 0 Å². The monoisotopic (exact) mass is 215 g/mol. The molecule has 1 aromatic rings. The highest BCUT2D eigenvalue weighted by molar-refractivity contribution is 5.53. The lowest BCUT2D eigenvalue weighted by molar-refractivity contribution is -0.153. The van der Waals surface area contributed by atoms with Gasteiger partial charge in [0, 0.05) is 5.69 Å². The fraction of sp³-hybridized carbons (Fsp3) is 0.455. The molecule has 82 valence electrons. The molecule has 0 radical (unpaired) electrons. The number of hydrogen-bond donors (Lipinski definition) is 1. The zero-order valence-corrected chi connectivity index (χ0v) is 8.14. The van der Waals surface area contributed by atoms with Gasteiger partial charge in [-0.2, -0.15) is 13.2 Å². The van der Waals surface area contributed by atoms with Crippen molar-refractivity contribution in [3.05, 3.63) is 29.3 Å². The quantitative estimate of drug-likeness (QED) is 0.660. The first-order chi connectivity index (χ1) is 7.00. The molecule has 2 N–H and O–H groups in total. The van der Waals surface area contributed by atoms with E-state index in [0.717, 1.165) is 0 Å². The van der Waals surface area contributed by atoms with Gasteiger partial charge in [-0.25, -0.2) is 0 Å². The van der Waals surface area contributed by atoms with Gasteiger partial charge in [-0.3, -0.25) is 0 Å².